The number of aromatic hydroxyl groups is 1. The van der Waals surface area contributed by atoms with Gasteiger partial charge in [0, 0.05) is 13.1 Å². The quantitative estimate of drug-likeness (QED) is 0.836. The van der Waals surface area contributed by atoms with Crippen LogP contribution in [0.25, 0.3) is 0 Å². The maximum absolute atomic E-state index is 12.3. The molecule has 0 spiro atoms. The van der Waals surface area contributed by atoms with Gasteiger partial charge >= 0.3 is 10.2 Å². The Morgan fingerprint density at radius 3 is 2.37 bits per heavy atom. The van der Waals surface area contributed by atoms with Gasteiger partial charge in [0.1, 0.15) is 5.75 Å². The Morgan fingerprint density at radius 2 is 1.79 bits per heavy atom. The topological polar surface area (TPSA) is 69.6 Å². The SMILES string of the molecule is Cc1cc(O)ccc1NS(=O)(=O)N1CCCCCC1. The van der Waals surface area contributed by atoms with Gasteiger partial charge in [-0.05, 0) is 43.5 Å². The number of nitrogens with one attached hydrogen (secondary N) is 1. The third-order valence-corrected chi connectivity index (χ3v) is 4.88. The Hall–Kier alpha value is -1.27. The van der Waals surface area contributed by atoms with E-state index in [-0.39, 0.29) is 5.75 Å². The van der Waals surface area contributed by atoms with Crippen molar-refractivity contribution >= 4 is 15.9 Å². The van der Waals surface area contributed by atoms with Crippen LogP contribution in [0, 0.1) is 6.92 Å². The van der Waals surface area contributed by atoms with Crippen LogP contribution in [0.15, 0.2) is 18.2 Å². The molecule has 0 radical (unpaired) electrons. The maximum Gasteiger partial charge on any atom is 0.301 e. The molecule has 0 aliphatic carbocycles. The lowest BCUT2D eigenvalue weighted by atomic mass is 10.2. The summed E-state index contributed by atoms with van der Waals surface area (Å²) in [5.74, 6) is 0.134. The standard InChI is InChI=1S/C13H20N2O3S/c1-11-10-12(16)6-7-13(11)14-19(17,18)15-8-4-2-3-5-9-15/h6-7,10,14,16H,2-5,8-9H2,1H3. The van der Waals surface area contributed by atoms with E-state index >= 15 is 0 Å². The highest BCUT2D eigenvalue weighted by atomic mass is 32.2. The predicted molar refractivity (Wildman–Crippen MR) is 75.4 cm³/mol. The summed E-state index contributed by atoms with van der Waals surface area (Å²) < 4.78 is 28.7. The molecular formula is C13H20N2O3S. The highest BCUT2D eigenvalue weighted by molar-refractivity contribution is 7.90. The highest BCUT2D eigenvalue weighted by Gasteiger charge is 2.23. The smallest absolute Gasteiger partial charge is 0.301 e. The van der Waals surface area contributed by atoms with Crippen LogP contribution in [0.1, 0.15) is 31.2 Å². The molecule has 1 heterocycles. The van der Waals surface area contributed by atoms with E-state index in [1.165, 1.54) is 10.4 Å². The van der Waals surface area contributed by atoms with Crippen molar-refractivity contribution < 1.29 is 13.5 Å². The number of aryl methyl sites for hydroxylation is 1. The number of hydrogen-bond donors (Lipinski definition) is 2. The third kappa shape index (κ3) is 3.61. The zero-order valence-corrected chi connectivity index (χ0v) is 11.9. The molecule has 0 atom stereocenters. The summed E-state index contributed by atoms with van der Waals surface area (Å²) in [5.41, 5.74) is 1.22. The summed E-state index contributed by atoms with van der Waals surface area (Å²) in [6, 6.07) is 4.60. The fourth-order valence-corrected chi connectivity index (χ4v) is 3.62. The first-order valence-corrected chi connectivity index (χ1v) is 8.00. The van der Waals surface area contributed by atoms with Gasteiger partial charge in [-0.15, -0.1) is 0 Å². The number of anilines is 1. The Kier molecular flexibility index (Phi) is 4.31. The number of rotatable bonds is 3. The molecule has 0 bridgehead atoms. The second-order valence-electron chi connectivity index (χ2n) is 4.92. The first kappa shape index (κ1) is 14.1. The fourth-order valence-electron chi connectivity index (χ4n) is 2.25. The molecule has 1 aromatic rings. The van der Waals surface area contributed by atoms with E-state index in [1.807, 2.05) is 0 Å². The molecular weight excluding hydrogens is 264 g/mol. The predicted octanol–water partition coefficient (Wildman–Crippen LogP) is 2.23. The minimum atomic E-state index is -3.49. The Labute approximate surface area is 114 Å². The summed E-state index contributed by atoms with van der Waals surface area (Å²) in [7, 11) is -3.49. The van der Waals surface area contributed by atoms with Crippen molar-refractivity contribution in [2.75, 3.05) is 17.8 Å². The van der Waals surface area contributed by atoms with Crippen molar-refractivity contribution in [3.05, 3.63) is 23.8 Å². The lowest BCUT2D eigenvalue weighted by Gasteiger charge is -2.21. The van der Waals surface area contributed by atoms with Crippen molar-refractivity contribution in [2.24, 2.45) is 0 Å². The van der Waals surface area contributed by atoms with E-state index in [2.05, 4.69) is 4.72 Å². The van der Waals surface area contributed by atoms with Gasteiger partial charge < -0.3 is 5.11 Å². The zero-order valence-electron chi connectivity index (χ0n) is 11.1. The summed E-state index contributed by atoms with van der Waals surface area (Å²) in [5, 5.41) is 9.33. The second kappa shape index (κ2) is 5.79. The molecule has 106 valence electrons. The molecule has 1 fully saturated rings. The van der Waals surface area contributed by atoms with E-state index in [9.17, 15) is 13.5 Å². The first-order chi connectivity index (χ1) is 8.99. The number of phenols is 1. The van der Waals surface area contributed by atoms with Crippen LogP contribution in [-0.4, -0.2) is 30.9 Å². The summed E-state index contributed by atoms with van der Waals surface area (Å²) >= 11 is 0. The van der Waals surface area contributed by atoms with Crippen LogP contribution < -0.4 is 4.72 Å². The van der Waals surface area contributed by atoms with Crippen LogP contribution in [0.5, 0.6) is 5.75 Å². The molecule has 2 rings (SSSR count). The summed E-state index contributed by atoms with van der Waals surface area (Å²) in [6.07, 6.45) is 4.00. The van der Waals surface area contributed by atoms with E-state index in [0.717, 1.165) is 25.7 Å². The largest absolute Gasteiger partial charge is 0.508 e. The lowest BCUT2D eigenvalue weighted by Crippen LogP contribution is -2.36. The molecule has 1 aliphatic heterocycles. The van der Waals surface area contributed by atoms with Gasteiger partial charge in [0.15, 0.2) is 0 Å². The average molecular weight is 284 g/mol. The van der Waals surface area contributed by atoms with Crippen molar-refractivity contribution in [1.29, 1.82) is 0 Å². The fraction of sp³-hybridized carbons (Fsp3) is 0.538. The van der Waals surface area contributed by atoms with Gasteiger partial charge in [0.25, 0.3) is 0 Å². The van der Waals surface area contributed by atoms with Crippen LogP contribution in [0.3, 0.4) is 0 Å². The molecule has 0 unspecified atom stereocenters. The van der Waals surface area contributed by atoms with Gasteiger partial charge in [0.2, 0.25) is 0 Å². The van der Waals surface area contributed by atoms with E-state index < -0.39 is 10.2 Å². The van der Waals surface area contributed by atoms with E-state index in [4.69, 9.17) is 0 Å². The van der Waals surface area contributed by atoms with E-state index in [1.54, 1.807) is 19.1 Å². The molecule has 1 aromatic carbocycles. The molecule has 1 saturated heterocycles. The molecule has 0 aromatic heterocycles. The van der Waals surface area contributed by atoms with Crippen LogP contribution in [0.2, 0.25) is 0 Å². The van der Waals surface area contributed by atoms with Gasteiger partial charge in [-0.1, -0.05) is 12.8 Å². The van der Waals surface area contributed by atoms with Gasteiger partial charge in [-0.3, -0.25) is 4.72 Å². The number of benzene rings is 1. The lowest BCUT2D eigenvalue weighted by molar-refractivity contribution is 0.427. The van der Waals surface area contributed by atoms with Crippen LogP contribution in [-0.2, 0) is 10.2 Å². The Balaban J connectivity index is 2.15. The third-order valence-electron chi connectivity index (χ3n) is 3.35. The zero-order chi connectivity index (χ0) is 13.9. The summed E-state index contributed by atoms with van der Waals surface area (Å²) in [4.78, 5) is 0. The molecule has 1 aliphatic rings. The van der Waals surface area contributed by atoms with Crippen LogP contribution >= 0.6 is 0 Å². The molecule has 6 heteroatoms. The van der Waals surface area contributed by atoms with Gasteiger partial charge in [-0.25, -0.2) is 0 Å². The van der Waals surface area contributed by atoms with Crippen molar-refractivity contribution in [3.63, 3.8) is 0 Å². The minimum Gasteiger partial charge on any atom is -0.508 e. The average Bonchev–Trinajstić information content (AvgIpc) is 2.62. The van der Waals surface area contributed by atoms with Crippen molar-refractivity contribution in [1.82, 2.24) is 4.31 Å². The second-order valence-corrected chi connectivity index (χ2v) is 6.59. The molecule has 19 heavy (non-hydrogen) atoms. The number of hydrogen-bond acceptors (Lipinski definition) is 3. The van der Waals surface area contributed by atoms with E-state index in [0.29, 0.717) is 24.3 Å². The number of nitrogens with zero attached hydrogens (tertiary/aromatic N) is 1. The molecule has 5 nitrogen and oxygen atoms in total. The molecule has 2 N–H and O–H groups in total. The van der Waals surface area contributed by atoms with Gasteiger partial charge in [0.05, 0.1) is 5.69 Å². The van der Waals surface area contributed by atoms with Crippen LogP contribution in [0.4, 0.5) is 5.69 Å². The van der Waals surface area contributed by atoms with Crippen molar-refractivity contribution in [3.8, 4) is 5.75 Å². The Bertz CT molecular complexity index is 535. The monoisotopic (exact) mass is 284 g/mol. The highest BCUT2D eigenvalue weighted by Crippen LogP contribution is 2.22. The Morgan fingerprint density at radius 1 is 1.16 bits per heavy atom. The normalized spacial score (nSPS) is 17.9. The molecule has 0 amide bonds. The number of phenolic OH excluding ortho intramolecular Hbond substituents is 1. The minimum absolute atomic E-state index is 0.134. The maximum atomic E-state index is 12.3. The molecule has 0 saturated carbocycles. The first-order valence-electron chi connectivity index (χ1n) is 6.56. The van der Waals surface area contributed by atoms with Crippen molar-refractivity contribution in [2.45, 2.75) is 32.6 Å². The summed E-state index contributed by atoms with van der Waals surface area (Å²) in [6.45, 7) is 2.92. The van der Waals surface area contributed by atoms with Gasteiger partial charge in [-0.2, -0.15) is 12.7 Å².